The largest absolute Gasteiger partial charge is 0.496 e. The molecule has 1 aromatic carbocycles. The predicted molar refractivity (Wildman–Crippen MR) is 90.2 cm³/mol. The van der Waals surface area contributed by atoms with E-state index in [-0.39, 0.29) is 5.91 Å². The summed E-state index contributed by atoms with van der Waals surface area (Å²) in [5.74, 6) is 0.0467. The average molecular weight is 331 g/mol. The molecule has 5 nitrogen and oxygen atoms in total. The second-order valence-electron chi connectivity index (χ2n) is 7.46. The molecule has 1 saturated heterocycles. The lowest BCUT2D eigenvalue weighted by molar-refractivity contribution is -0.148. The van der Waals surface area contributed by atoms with Crippen molar-refractivity contribution in [3.05, 3.63) is 29.3 Å². The lowest BCUT2D eigenvalue weighted by Gasteiger charge is -2.43. The SMILES string of the molecule is COc1cc(C2(C(=O)N3CCC(C)(C(=O)O)C3)CCC2)ccc1C. The Hall–Kier alpha value is -2.04. The van der Waals surface area contributed by atoms with Crippen molar-refractivity contribution in [2.45, 2.75) is 44.9 Å². The highest BCUT2D eigenvalue weighted by Gasteiger charge is 2.51. The maximum Gasteiger partial charge on any atom is 0.311 e. The molecule has 0 aromatic heterocycles. The number of ether oxygens (including phenoxy) is 1. The summed E-state index contributed by atoms with van der Waals surface area (Å²) in [6.45, 7) is 4.53. The number of carboxylic acid groups (broad SMARTS) is 1. The number of likely N-dealkylation sites (tertiary alicyclic amines) is 1. The fourth-order valence-electron chi connectivity index (χ4n) is 3.89. The van der Waals surface area contributed by atoms with E-state index in [1.165, 1.54) is 0 Å². The number of amides is 1. The van der Waals surface area contributed by atoms with Gasteiger partial charge in [-0.3, -0.25) is 9.59 Å². The van der Waals surface area contributed by atoms with Gasteiger partial charge in [0.2, 0.25) is 5.91 Å². The minimum Gasteiger partial charge on any atom is -0.496 e. The molecule has 2 aliphatic rings. The normalized spacial score (nSPS) is 25.2. The number of carbonyl (C=O) groups excluding carboxylic acids is 1. The summed E-state index contributed by atoms with van der Waals surface area (Å²) in [6, 6.07) is 5.98. The molecule has 1 aliphatic heterocycles. The Labute approximate surface area is 142 Å². The molecule has 0 radical (unpaired) electrons. The highest BCUT2D eigenvalue weighted by atomic mass is 16.5. The smallest absolute Gasteiger partial charge is 0.311 e. The van der Waals surface area contributed by atoms with Crippen LogP contribution in [0.5, 0.6) is 5.75 Å². The van der Waals surface area contributed by atoms with E-state index < -0.39 is 16.8 Å². The third-order valence-electron chi connectivity index (χ3n) is 5.85. The van der Waals surface area contributed by atoms with Gasteiger partial charge in [0.25, 0.3) is 0 Å². The minimum absolute atomic E-state index is 0.0737. The van der Waals surface area contributed by atoms with Gasteiger partial charge in [-0.2, -0.15) is 0 Å². The second-order valence-corrected chi connectivity index (χ2v) is 7.46. The van der Waals surface area contributed by atoms with Crippen LogP contribution in [0.1, 0.15) is 43.7 Å². The first-order chi connectivity index (χ1) is 11.3. The molecule has 1 aliphatic carbocycles. The third kappa shape index (κ3) is 2.46. The summed E-state index contributed by atoms with van der Waals surface area (Å²) in [4.78, 5) is 26.4. The molecule has 1 amide bonds. The molecule has 0 spiro atoms. The highest BCUT2D eigenvalue weighted by molar-refractivity contribution is 5.90. The summed E-state index contributed by atoms with van der Waals surface area (Å²) in [5.41, 5.74) is 0.698. The number of benzene rings is 1. The van der Waals surface area contributed by atoms with E-state index in [4.69, 9.17) is 4.74 Å². The minimum atomic E-state index is -0.828. The van der Waals surface area contributed by atoms with Crippen LogP contribution >= 0.6 is 0 Å². The van der Waals surface area contributed by atoms with Crippen LogP contribution in [0.3, 0.4) is 0 Å². The van der Waals surface area contributed by atoms with E-state index in [0.29, 0.717) is 19.5 Å². The third-order valence-corrected chi connectivity index (χ3v) is 5.85. The second kappa shape index (κ2) is 5.80. The topological polar surface area (TPSA) is 66.8 Å². The Morgan fingerprint density at radius 3 is 2.46 bits per heavy atom. The molecule has 1 heterocycles. The Morgan fingerprint density at radius 2 is 1.96 bits per heavy atom. The van der Waals surface area contributed by atoms with Gasteiger partial charge >= 0.3 is 5.97 Å². The number of nitrogens with zero attached hydrogens (tertiary/aromatic N) is 1. The van der Waals surface area contributed by atoms with Gasteiger partial charge in [-0.1, -0.05) is 18.6 Å². The Balaban J connectivity index is 1.88. The molecule has 130 valence electrons. The van der Waals surface area contributed by atoms with E-state index in [1.807, 2.05) is 25.1 Å². The summed E-state index contributed by atoms with van der Waals surface area (Å²) < 4.78 is 5.42. The zero-order chi connectivity index (χ0) is 17.5. The molecule has 0 bridgehead atoms. The molecule has 1 saturated carbocycles. The monoisotopic (exact) mass is 331 g/mol. The molecule has 2 fully saturated rings. The number of aryl methyl sites for hydroxylation is 1. The van der Waals surface area contributed by atoms with Crippen molar-refractivity contribution in [3.63, 3.8) is 0 Å². The number of rotatable bonds is 4. The maximum absolute atomic E-state index is 13.2. The Morgan fingerprint density at radius 1 is 1.25 bits per heavy atom. The molecule has 1 atom stereocenters. The predicted octanol–water partition coefficient (Wildman–Crippen LogP) is 2.75. The quantitative estimate of drug-likeness (QED) is 0.921. The lowest BCUT2D eigenvalue weighted by Crippen LogP contribution is -2.51. The summed E-state index contributed by atoms with van der Waals surface area (Å²) in [6.07, 6.45) is 3.17. The van der Waals surface area contributed by atoms with Crippen molar-refractivity contribution in [3.8, 4) is 5.75 Å². The van der Waals surface area contributed by atoms with Gasteiger partial charge in [-0.05, 0) is 50.3 Å². The summed E-state index contributed by atoms with van der Waals surface area (Å²) in [7, 11) is 1.64. The van der Waals surface area contributed by atoms with E-state index >= 15 is 0 Å². The van der Waals surface area contributed by atoms with Crippen LogP contribution in [0.2, 0.25) is 0 Å². The van der Waals surface area contributed by atoms with Crippen LogP contribution < -0.4 is 4.74 Å². The number of aliphatic carboxylic acids is 1. The van der Waals surface area contributed by atoms with E-state index in [0.717, 1.165) is 36.1 Å². The first-order valence-electron chi connectivity index (χ1n) is 8.50. The summed E-state index contributed by atoms with van der Waals surface area (Å²) >= 11 is 0. The molecule has 1 N–H and O–H groups in total. The number of hydrogen-bond acceptors (Lipinski definition) is 3. The zero-order valence-electron chi connectivity index (χ0n) is 14.6. The molecule has 1 unspecified atom stereocenters. The summed E-state index contributed by atoms with van der Waals surface area (Å²) in [5, 5.41) is 9.41. The first kappa shape index (κ1) is 16.8. The zero-order valence-corrected chi connectivity index (χ0v) is 14.6. The fraction of sp³-hybridized carbons (Fsp3) is 0.579. The van der Waals surface area contributed by atoms with Crippen LogP contribution in [0.4, 0.5) is 0 Å². The molecular weight excluding hydrogens is 306 g/mol. The van der Waals surface area contributed by atoms with Gasteiger partial charge in [0, 0.05) is 13.1 Å². The van der Waals surface area contributed by atoms with Gasteiger partial charge in [-0.25, -0.2) is 0 Å². The van der Waals surface area contributed by atoms with Gasteiger partial charge in [0.15, 0.2) is 0 Å². The standard InChI is InChI=1S/C19H25NO4/c1-13-5-6-14(11-15(13)24-3)19(7-4-8-19)16(21)20-10-9-18(2,12-20)17(22)23/h5-6,11H,4,7-10,12H2,1-3H3,(H,22,23). The van der Waals surface area contributed by atoms with Gasteiger partial charge in [0.1, 0.15) is 5.75 Å². The van der Waals surface area contributed by atoms with Crippen LogP contribution in [0, 0.1) is 12.3 Å². The average Bonchev–Trinajstić information content (AvgIpc) is 2.91. The van der Waals surface area contributed by atoms with E-state index in [2.05, 4.69) is 0 Å². The number of methoxy groups -OCH3 is 1. The van der Waals surface area contributed by atoms with Crippen molar-refractivity contribution in [2.24, 2.45) is 5.41 Å². The van der Waals surface area contributed by atoms with Crippen LogP contribution in [-0.4, -0.2) is 42.1 Å². The van der Waals surface area contributed by atoms with Gasteiger partial charge in [-0.15, -0.1) is 0 Å². The number of carboxylic acids is 1. The van der Waals surface area contributed by atoms with Crippen molar-refractivity contribution >= 4 is 11.9 Å². The van der Waals surface area contributed by atoms with Crippen molar-refractivity contribution in [1.82, 2.24) is 4.90 Å². The van der Waals surface area contributed by atoms with E-state index in [1.54, 1.807) is 18.9 Å². The maximum atomic E-state index is 13.2. The van der Waals surface area contributed by atoms with Crippen molar-refractivity contribution in [1.29, 1.82) is 0 Å². The lowest BCUT2D eigenvalue weighted by atomic mass is 9.63. The van der Waals surface area contributed by atoms with Crippen LogP contribution in [0.15, 0.2) is 18.2 Å². The van der Waals surface area contributed by atoms with Gasteiger partial charge < -0.3 is 14.7 Å². The number of hydrogen-bond donors (Lipinski definition) is 1. The molecule has 24 heavy (non-hydrogen) atoms. The fourth-order valence-corrected chi connectivity index (χ4v) is 3.89. The number of carbonyl (C=O) groups is 2. The molecular formula is C19H25NO4. The molecule has 1 aromatic rings. The Bertz CT molecular complexity index is 680. The van der Waals surface area contributed by atoms with Crippen LogP contribution in [0.25, 0.3) is 0 Å². The van der Waals surface area contributed by atoms with Gasteiger partial charge in [0.05, 0.1) is 17.9 Å². The van der Waals surface area contributed by atoms with Crippen LogP contribution in [-0.2, 0) is 15.0 Å². The van der Waals surface area contributed by atoms with Crippen molar-refractivity contribution in [2.75, 3.05) is 20.2 Å². The molecule has 3 rings (SSSR count). The Kier molecular flexibility index (Phi) is 4.06. The molecule has 5 heteroatoms. The van der Waals surface area contributed by atoms with Crippen molar-refractivity contribution < 1.29 is 19.4 Å². The van der Waals surface area contributed by atoms with E-state index in [9.17, 15) is 14.7 Å². The highest BCUT2D eigenvalue weighted by Crippen LogP contribution is 2.47. The first-order valence-corrected chi connectivity index (χ1v) is 8.50.